The first-order valence-electron chi connectivity index (χ1n) is 9.39. The molecule has 0 saturated heterocycles. The summed E-state index contributed by atoms with van der Waals surface area (Å²) in [6.45, 7) is 0.218. The number of aromatic nitrogens is 1. The maximum absolute atomic E-state index is 12.9. The van der Waals surface area contributed by atoms with Crippen LogP contribution in [0.1, 0.15) is 16.1 Å². The molecule has 0 aliphatic carbocycles. The van der Waals surface area contributed by atoms with Gasteiger partial charge in [-0.1, -0.05) is 0 Å². The Morgan fingerprint density at radius 2 is 1.32 bits per heavy atom. The van der Waals surface area contributed by atoms with Gasteiger partial charge in [-0.3, -0.25) is 4.79 Å². The smallest absolute Gasteiger partial charge is 0.268 e. The molecule has 0 aliphatic heterocycles. The minimum absolute atomic E-state index is 0.218. The van der Waals surface area contributed by atoms with Crippen LogP contribution in [0.3, 0.4) is 0 Å². The van der Waals surface area contributed by atoms with E-state index in [-0.39, 0.29) is 12.5 Å². The largest absolute Gasteiger partial charge is 0.496 e. The van der Waals surface area contributed by atoms with Crippen LogP contribution in [0.15, 0.2) is 24.3 Å². The van der Waals surface area contributed by atoms with E-state index in [4.69, 9.17) is 28.4 Å². The quantitative estimate of drug-likeness (QED) is 0.538. The SMILES string of the molecule is COc1cc(OC)c(OC)cc1CNC(=O)c1cc2c(OC)cc(OC)c(OC)c2[nH]1. The van der Waals surface area contributed by atoms with E-state index >= 15 is 0 Å². The molecule has 0 aliphatic rings. The first-order valence-corrected chi connectivity index (χ1v) is 9.39. The third-order valence-electron chi connectivity index (χ3n) is 4.91. The third-order valence-corrected chi connectivity index (χ3v) is 4.91. The van der Waals surface area contributed by atoms with E-state index in [1.807, 2.05) is 0 Å². The van der Waals surface area contributed by atoms with Crippen LogP contribution in [-0.2, 0) is 6.54 Å². The zero-order valence-corrected chi connectivity index (χ0v) is 18.4. The Hall–Kier alpha value is -3.75. The van der Waals surface area contributed by atoms with Crippen molar-refractivity contribution in [1.82, 2.24) is 10.3 Å². The second-order valence-corrected chi connectivity index (χ2v) is 6.49. The predicted molar refractivity (Wildman–Crippen MR) is 115 cm³/mol. The summed E-state index contributed by atoms with van der Waals surface area (Å²) in [7, 11) is 9.27. The summed E-state index contributed by atoms with van der Waals surface area (Å²) < 4.78 is 32.3. The molecule has 9 heteroatoms. The molecule has 0 bridgehead atoms. The van der Waals surface area contributed by atoms with Crippen LogP contribution in [0, 0.1) is 0 Å². The van der Waals surface area contributed by atoms with Crippen LogP contribution in [0.5, 0.6) is 34.5 Å². The number of rotatable bonds is 9. The molecule has 0 spiro atoms. The Balaban J connectivity index is 1.91. The lowest BCUT2D eigenvalue weighted by Gasteiger charge is -2.14. The number of hydrogen-bond donors (Lipinski definition) is 2. The Labute approximate surface area is 180 Å². The van der Waals surface area contributed by atoms with E-state index in [0.717, 1.165) is 5.56 Å². The summed E-state index contributed by atoms with van der Waals surface area (Å²) in [6, 6.07) is 6.90. The van der Waals surface area contributed by atoms with E-state index in [9.17, 15) is 4.79 Å². The Morgan fingerprint density at radius 1 is 0.742 bits per heavy atom. The number of hydrogen-bond acceptors (Lipinski definition) is 7. The average Bonchev–Trinajstić information content (AvgIpc) is 3.26. The highest BCUT2D eigenvalue weighted by Gasteiger charge is 2.20. The van der Waals surface area contributed by atoms with Gasteiger partial charge in [-0.15, -0.1) is 0 Å². The minimum atomic E-state index is -0.309. The van der Waals surface area contributed by atoms with Gasteiger partial charge in [0.05, 0.1) is 48.2 Å². The van der Waals surface area contributed by atoms with E-state index in [2.05, 4.69) is 10.3 Å². The highest BCUT2D eigenvalue weighted by molar-refractivity contribution is 6.02. The zero-order valence-electron chi connectivity index (χ0n) is 18.4. The number of carbonyl (C=O) groups is 1. The Kier molecular flexibility index (Phi) is 6.64. The molecule has 0 saturated carbocycles. The minimum Gasteiger partial charge on any atom is -0.496 e. The number of aromatic amines is 1. The molecule has 2 aromatic carbocycles. The number of H-pyrrole nitrogens is 1. The lowest BCUT2D eigenvalue weighted by Crippen LogP contribution is -2.23. The van der Waals surface area contributed by atoms with Gasteiger partial charge in [0.25, 0.3) is 5.91 Å². The van der Waals surface area contributed by atoms with Gasteiger partial charge in [0, 0.05) is 29.6 Å². The molecule has 3 rings (SSSR count). The molecule has 31 heavy (non-hydrogen) atoms. The molecule has 1 aromatic heterocycles. The van der Waals surface area contributed by atoms with Crippen LogP contribution >= 0.6 is 0 Å². The normalized spacial score (nSPS) is 10.5. The number of ether oxygens (including phenoxy) is 6. The third kappa shape index (κ3) is 4.11. The predicted octanol–water partition coefficient (Wildman–Crippen LogP) is 3.15. The van der Waals surface area contributed by atoms with Crippen molar-refractivity contribution in [1.29, 1.82) is 0 Å². The monoisotopic (exact) mass is 430 g/mol. The average molecular weight is 430 g/mol. The van der Waals surface area contributed by atoms with Crippen molar-refractivity contribution in [2.45, 2.75) is 6.54 Å². The topological polar surface area (TPSA) is 100 Å². The van der Waals surface area contributed by atoms with Gasteiger partial charge in [-0.05, 0) is 12.1 Å². The second kappa shape index (κ2) is 9.38. The van der Waals surface area contributed by atoms with E-state index < -0.39 is 0 Å². The van der Waals surface area contributed by atoms with Crippen LogP contribution in [0.25, 0.3) is 10.9 Å². The summed E-state index contributed by atoms with van der Waals surface area (Å²) in [5, 5.41) is 3.59. The molecular weight excluding hydrogens is 404 g/mol. The van der Waals surface area contributed by atoms with Crippen LogP contribution in [0.2, 0.25) is 0 Å². The molecule has 1 heterocycles. The van der Waals surface area contributed by atoms with Crippen molar-refractivity contribution in [2.24, 2.45) is 0 Å². The van der Waals surface area contributed by atoms with Gasteiger partial charge in [0.15, 0.2) is 23.0 Å². The summed E-state index contributed by atoms with van der Waals surface area (Å²) >= 11 is 0. The number of methoxy groups -OCH3 is 6. The number of nitrogens with one attached hydrogen (secondary N) is 2. The maximum atomic E-state index is 12.9. The second-order valence-electron chi connectivity index (χ2n) is 6.49. The lowest BCUT2D eigenvalue weighted by molar-refractivity contribution is 0.0946. The van der Waals surface area contributed by atoms with Gasteiger partial charge in [-0.2, -0.15) is 0 Å². The van der Waals surface area contributed by atoms with Crippen molar-refractivity contribution in [2.75, 3.05) is 42.7 Å². The molecule has 3 aromatic rings. The van der Waals surface area contributed by atoms with E-state index in [0.29, 0.717) is 51.1 Å². The summed E-state index contributed by atoms with van der Waals surface area (Å²) in [4.78, 5) is 16.0. The van der Waals surface area contributed by atoms with Gasteiger partial charge in [-0.25, -0.2) is 0 Å². The molecule has 0 atom stereocenters. The zero-order chi connectivity index (χ0) is 22.5. The van der Waals surface area contributed by atoms with E-state index in [1.54, 1.807) is 52.7 Å². The first kappa shape index (κ1) is 21.9. The highest BCUT2D eigenvalue weighted by atomic mass is 16.5. The van der Waals surface area contributed by atoms with Crippen LogP contribution in [-0.4, -0.2) is 53.5 Å². The molecule has 1 amide bonds. The molecule has 0 fully saturated rings. The molecule has 0 radical (unpaired) electrons. The number of benzene rings is 2. The van der Waals surface area contributed by atoms with Crippen molar-refractivity contribution in [3.63, 3.8) is 0 Å². The van der Waals surface area contributed by atoms with Crippen LogP contribution < -0.4 is 33.7 Å². The molecule has 9 nitrogen and oxygen atoms in total. The lowest BCUT2D eigenvalue weighted by atomic mass is 10.1. The van der Waals surface area contributed by atoms with Crippen molar-refractivity contribution >= 4 is 16.8 Å². The summed E-state index contributed by atoms with van der Waals surface area (Å²) in [5.41, 5.74) is 1.69. The number of fused-ring (bicyclic) bond motifs is 1. The number of carbonyl (C=O) groups excluding carboxylic acids is 1. The van der Waals surface area contributed by atoms with Crippen molar-refractivity contribution in [3.8, 4) is 34.5 Å². The Bertz CT molecular complexity index is 1090. The van der Waals surface area contributed by atoms with Gasteiger partial charge >= 0.3 is 0 Å². The standard InChI is InChI=1S/C22H26N2O7/c1-26-15-9-18(29-4)17(28-3)7-12(15)11-23-22(25)14-8-13-16(27-2)10-19(30-5)21(31-6)20(13)24-14/h7-10,24H,11H2,1-6H3,(H,23,25). The van der Waals surface area contributed by atoms with Gasteiger partial charge in [0.2, 0.25) is 0 Å². The molecule has 166 valence electrons. The highest BCUT2D eigenvalue weighted by Crippen LogP contribution is 2.41. The van der Waals surface area contributed by atoms with Gasteiger partial charge in [0.1, 0.15) is 17.2 Å². The first-order chi connectivity index (χ1) is 15.0. The molecule has 2 N–H and O–H groups in total. The molecule has 0 unspecified atom stereocenters. The Morgan fingerprint density at radius 3 is 1.90 bits per heavy atom. The fourth-order valence-corrected chi connectivity index (χ4v) is 3.36. The van der Waals surface area contributed by atoms with Crippen molar-refractivity contribution < 1.29 is 33.2 Å². The molecular formula is C22H26N2O7. The van der Waals surface area contributed by atoms with Gasteiger partial charge < -0.3 is 38.7 Å². The number of amides is 1. The summed E-state index contributed by atoms with van der Waals surface area (Å²) in [6.07, 6.45) is 0. The summed E-state index contributed by atoms with van der Waals surface area (Å²) in [5.74, 6) is 2.89. The fourth-order valence-electron chi connectivity index (χ4n) is 3.36. The van der Waals surface area contributed by atoms with Crippen molar-refractivity contribution in [3.05, 3.63) is 35.5 Å². The fraction of sp³-hybridized carbons (Fsp3) is 0.318. The van der Waals surface area contributed by atoms with E-state index in [1.165, 1.54) is 14.2 Å². The maximum Gasteiger partial charge on any atom is 0.268 e. The van der Waals surface area contributed by atoms with Crippen LogP contribution in [0.4, 0.5) is 0 Å².